The topological polar surface area (TPSA) is 96.7 Å². The highest BCUT2D eigenvalue weighted by molar-refractivity contribution is 9.10. The van der Waals surface area contributed by atoms with Gasteiger partial charge in [-0.2, -0.15) is 0 Å². The molecule has 2 N–H and O–H groups in total. The molecule has 1 aromatic carbocycles. The first-order valence-electron chi connectivity index (χ1n) is 12.2. The van der Waals surface area contributed by atoms with Crippen molar-refractivity contribution in [2.45, 2.75) is 57.9 Å². The van der Waals surface area contributed by atoms with Gasteiger partial charge in [-0.1, -0.05) is 37.3 Å². The van der Waals surface area contributed by atoms with Crippen LogP contribution in [0, 0.1) is 12.8 Å². The smallest absolute Gasteiger partial charge is 0.257 e. The molecule has 8 nitrogen and oxygen atoms in total. The van der Waals surface area contributed by atoms with E-state index < -0.39 is 6.04 Å². The number of anilines is 2. The average Bonchev–Trinajstić information content (AvgIpc) is 3.24. The molecule has 1 unspecified atom stereocenters. The van der Waals surface area contributed by atoms with Gasteiger partial charge in [-0.05, 0) is 59.8 Å². The van der Waals surface area contributed by atoms with Gasteiger partial charge < -0.3 is 24.8 Å². The SMILES string of the molecule is Cc1nocc1C(=O)NC(C(=O)Nc1ccc(N2CCOCC2)c(Br)c1)C1CCCCCCC1. The van der Waals surface area contributed by atoms with Crippen LogP contribution in [0.4, 0.5) is 11.4 Å². The lowest BCUT2D eigenvalue weighted by Crippen LogP contribution is -2.48. The number of carbonyl (C=O) groups excluding carboxylic acids is 2. The van der Waals surface area contributed by atoms with Crippen LogP contribution in [-0.4, -0.2) is 49.3 Å². The summed E-state index contributed by atoms with van der Waals surface area (Å²) in [5, 5.41) is 9.84. The van der Waals surface area contributed by atoms with Crippen LogP contribution >= 0.6 is 15.9 Å². The van der Waals surface area contributed by atoms with E-state index in [9.17, 15) is 9.59 Å². The fourth-order valence-corrected chi connectivity index (χ4v) is 5.44. The molecule has 2 aromatic rings. The summed E-state index contributed by atoms with van der Waals surface area (Å²) in [6, 6.07) is 5.21. The lowest BCUT2D eigenvalue weighted by molar-refractivity contribution is -0.119. The molecule has 4 rings (SSSR count). The van der Waals surface area contributed by atoms with Crippen LogP contribution in [0.25, 0.3) is 0 Å². The number of nitrogens with one attached hydrogen (secondary N) is 2. The van der Waals surface area contributed by atoms with Crippen molar-refractivity contribution in [1.29, 1.82) is 0 Å². The first-order chi connectivity index (χ1) is 16.5. The molecule has 9 heteroatoms. The number of hydrogen-bond donors (Lipinski definition) is 2. The van der Waals surface area contributed by atoms with Crippen molar-refractivity contribution in [3.63, 3.8) is 0 Å². The normalized spacial score (nSPS) is 18.6. The fraction of sp³-hybridized carbons (Fsp3) is 0.560. The number of hydrogen-bond acceptors (Lipinski definition) is 6. The maximum Gasteiger partial charge on any atom is 0.257 e. The Kier molecular flexibility index (Phi) is 8.61. The largest absolute Gasteiger partial charge is 0.378 e. The van der Waals surface area contributed by atoms with Gasteiger partial charge in [0.2, 0.25) is 5.91 Å². The number of ether oxygens (including phenoxy) is 1. The maximum atomic E-state index is 13.5. The van der Waals surface area contributed by atoms with Crippen LogP contribution in [0.5, 0.6) is 0 Å². The van der Waals surface area contributed by atoms with Gasteiger partial charge in [0, 0.05) is 23.2 Å². The van der Waals surface area contributed by atoms with Crippen molar-refractivity contribution >= 4 is 39.1 Å². The predicted octanol–water partition coefficient (Wildman–Crippen LogP) is 4.68. The highest BCUT2D eigenvalue weighted by Gasteiger charge is 2.31. The number of benzene rings is 1. The molecule has 2 aliphatic rings. The minimum atomic E-state index is -0.627. The van der Waals surface area contributed by atoms with Gasteiger partial charge >= 0.3 is 0 Å². The van der Waals surface area contributed by atoms with E-state index in [4.69, 9.17) is 9.26 Å². The van der Waals surface area contributed by atoms with Crippen molar-refractivity contribution in [3.8, 4) is 0 Å². The summed E-state index contributed by atoms with van der Waals surface area (Å²) in [6.45, 7) is 4.81. The van der Waals surface area contributed by atoms with Crippen molar-refractivity contribution < 1.29 is 18.8 Å². The molecule has 0 radical (unpaired) electrons. The second kappa shape index (κ2) is 11.8. The van der Waals surface area contributed by atoms with Crippen LogP contribution in [0.2, 0.25) is 0 Å². The van der Waals surface area contributed by atoms with Crippen molar-refractivity contribution in [3.05, 3.63) is 40.2 Å². The Balaban J connectivity index is 1.50. The molecular weight excluding hydrogens is 500 g/mol. The summed E-state index contributed by atoms with van der Waals surface area (Å²) in [5.74, 6) is -0.440. The minimum Gasteiger partial charge on any atom is -0.378 e. The van der Waals surface area contributed by atoms with Gasteiger partial charge in [0.1, 0.15) is 17.9 Å². The van der Waals surface area contributed by atoms with Crippen LogP contribution in [0.1, 0.15) is 61.0 Å². The Morgan fingerprint density at radius 3 is 2.47 bits per heavy atom. The van der Waals surface area contributed by atoms with Gasteiger partial charge in [0.15, 0.2) is 0 Å². The summed E-state index contributed by atoms with van der Waals surface area (Å²) in [5.41, 5.74) is 2.65. The molecule has 1 aromatic heterocycles. The molecule has 1 aliphatic carbocycles. The summed E-state index contributed by atoms with van der Waals surface area (Å²) in [4.78, 5) is 28.7. The number of nitrogens with zero attached hydrogens (tertiary/aromatic N) is 2. The van der Waals surface area contributed by atoms with Crippen molar-refractivity contribution in [2.75, 3.05) is 36.5 Å². The highest BCUT2D eigenvalue weighted by atomic mass is 79.9. The first-order valence-corrected chi connectivity index (χ1v) is 13.0. The zero-order chi connectivity index (χ0) is 23.9. The Morgan fingerprint density at radius 2 is 1.82 bits per heavy atom. The zero-order valence-corrected chi connectivity index (χ0v) is 21.2. The molecular formula is C25H33BrN4O4. The minimum absolute atomic E-state index is 0.0838. The number of halogens is 1. The second-order valence-corrected chi connectivity index (χ2v) is 9.98. The van der Waals surface area contributed by atoms with E-state index in [0.29, 0.717) is 30.2 Å². The van der Waals surface area contributed by atoms with Crippen LogP contribution in [-0.2, 0) is 9.53 Å². The van der Waals surface area contributed by atoms with Gasteiger partial charge in [-0.3, -0.25) is 9.59 Å². The highest BCUT2D eigenvalue weighted by Crippen LogP contribution is 2.31. The third kappa shape index (κ3) is 6.18. The number of aromatic nitrogens is 1. The maximum absolute atomic E-state index is 13.5. The Hall–Kier alpha value is -2.39. The third-order valence-corrected chi connectivity index (χ3v) is 7.39. The molecule has 0 spiro atoms. The fourth-order valence-electron chi connectivity index (χ4n) is 4.81. The van der Waals surface area contributed by atoms with Gasteiger partial charge in [-0.15, -0.1) is 0 Å². The number of amides is 2. The number of morpholine rings is 1. The standard InChI is InChI=1S/C25H33BrN4O4/c1-17-20(16-34-29-17)24(31)28-23(18-7-5-3-2-4-6-8-18)25(32)27-19-9-10-22(21(26)15-19)30-11-13-33-14-12-30/h9-10,15-16,18,23H,2-8,11-14H2,1H3,(H,27,32)(H,28,31). The van der Waals surface area contributed by atoms with E-state index >= 15 is 0 Å². The molecule has 184 valence electrons. The van der Waals surface area contributed by atoms with E-state index in [1.807, 2.05) is 18.2 Å². The van der Waals surface area contributed by atoms with Gasteiger partial charge in [0.25, 0.3) is 5.91 Å². The molecule has 1 aliphatic heterocycles. The van der Waals surface area contributed by atoms with Crippen molar-refractivity contribution in [1.82, 2.24) is 10.5 Å². The molecule has 34 heavy (non-hydrogen) atoms. The molecule has 1 saturated carbocycles. The summed E-state index contributed by atoms with van der Waals surface area (Å²) in [6.07, 6.45) is 8.87. The molecule has 2 fully saturated rings. The Labute approximate surface area is 208 Å². The molecule has 0 bridgehead atoms. The number of carbonyl (C=O) groups is 2. The predicted molar refractivity (Wildman–Crippen MR) is 134 cm³/mol. The van der Waals surface area contributed by atoms with E-state index in [0.717, 1.165) is 48.9 Å². The van der Waals surface area contributed by atoms with Crippen LogP contribution in [0.3, 0.4) is 0 Å². The van der Waals surface area contributed by atoms with E-state index in [1.165, 1.54) is 25.5 Å². The lowest BCUT2D eigenvalue weighted by Gasteiger charge is -2.30. The Bertz CT molecular complexity index is 981. The zero-order valence-electron chi connectivity index (χ0n) is 19.6. The summed E-state index contributed by atoms with van der Waals surface area (Å²) >= 11 is 3.66. The number of aryl methyl sites for hydroxylation is 1. The van der Waals surface area contributed by atoms with Crippen molar-refractivity contribution in [2.24, 2.45) is 5.92 Å². The van der Waals surface area contributed by atoms with E-state index in [2.05, 4.69) is 36.6 Å². The van der Waals surface area contributed by atoms with Crippen LogP contribution < -0.4 is 15.5 Å². The van der Waals surface area contributed by atoms with Crippen LogP contribution in [0.15, 0.2) is 33.5 Å². The first kappa shape index (κ1) is 24.7. The van der Waals surface area contributed by atoms with E-state index in [1.54, 1.807) is 6.92 Å². The molecule has 2 amide bonds. The van der Waals surface area contributed by atoms with Gasteiger partial charge in [0.05, 0.1) is 24.6 Å². The van der Waals surface area contributed by atoms with Gasteiger partial charge in [-0.25, -0.2) is 0 Å². The Morgan fingerprint density at radius 1 is 1.12 bits per heavy atom. The monoisotopic (exact) mass is 532 g/mol. The lowest BCUT2D eigenvalue weighted by atomic mass is 9.85. The second-order valence-electron chi connectivity index (χ2n) is 9.12. The third-order valence-electron chi connectivity index (χ3n) is 6.75. The summed E-state index contributed by atoms with van der Waals surface area (Å²) in [7, 11) is 0. The molecule has 1 atom stereocenters. The average molecular weight is 533 g/mol. The number of rotatable bonds is 6. The quantitative estimate of drug-likeness (QED) is 0.560. The summed E-state index contributed by atoms with van der Waals surface area (Å²) < 4.78 is 11.3. The van der Waals surface area contributed by atoms with E-state index in [-0.39, 0.29) is 17.7 Å². The molecule has 2 heterocycles. The molecule has 1 saturated heterocycles.